The molecule has 0 saturated carbocycles. The largest absolute Gasteiger partial charge is 0.495 e. The Labute approximate surface area is 165 Å². The Morgan fingerprint density at radius 3 is 2.62 bits per heavy atom. The number of methoxy groups -OCH3 is 1. The number of carbonyl (C=O) groups excluding carboxylic acids is 1. The molecule has 2 aromatic carbocycles. The highest BCUT2D eigenvalue weighted by molar-refractivity contribution is 7.99. The molecule has 0 aliphatic carbocycles. The Morgan fingerprint density at radius 1 is 1.15 bits per heavy atom. The van der Waals surface area contributed by atoms with E-state index in [0.717, 1.165) is 5.56 Å². The van der Waals surface area contributed by atoms with Gasteiger partial charge in [0, 0.05) is 18.2 Å². The minimum absolute atomic E-state index is 0.0538. The first-order valence-electron chi connectivity index (χ1n) is 7.65. The Bertz CT molecular complexity index is 959. The van der Waals surface area contributed by atoms with E-state index in [1.165, 1.54) is 18.9 Å². The van der Waals surface area contributed by atoms with Crippen LogP contribution in [0.15, 0.2) is 47.6 Å². The van der Waals surface area contributed by atoms with Gasteiger partial charge >= 0.3 is 0 Å². The van der Waals surface area contributed by atoms with Crippen LogP contribution in [0.2, 0.25) is 10.0 Å². The molecule has 0 aliphatic heterocycles. The van der Waals surface area contributed by atoms with Crippen molar-refractivity contribution in [3.63, 3.8) is 0 Å². The summed E-state index contributed by atoms with van der Waals surface area (Å²) in [6, 6.07) is 12.4. The minimum atomic E-state index is -0.0538. The Hall–Kier alpha value is -2.02. The van der Waals surface area contributed by atoms with Crippen LogP contribution >= 0.6 is 35.0 Å². The quantitative estimate of drug-likeness (QED) is 0.434. The van der Waals surface area contributed by atoms with Crippen molar-refractivity contribution in [1.82, 2.24) is 14.8 Å². The second-order valence-corrected chi connectivity index (χ2v) is 7.16. The smallest absolute Gasteiger partial charge is 0.191 e. The van der Waals surface area contributed by atoms with Crippen molar-refractivity contribution in [2.75, 3.05) is 12.9 Å². The van der Waals surface area contributed by atoms with Gasteiger partial charge in [-0.2, -0.15) is 0 Å². The molecule has 0 unspecified atom stereocenters. The maximum Gasteiger partial charge on any atom is 0.191 e. The number of benzene rings is 2. The average Bonchev–Trinajstić information content (AvgIpc) is 3.00. The Morgan fingerprint density at radius 2 is 1.92 bits per heavy atom. The SMILES string of the molecule is COc1ccc(C(=O)CSc2nnc(-c3ccccc3Cl)n2C)cc1Cl. The van der Waals surface area contributed by atoms with Gasteiger partial charge in [0.25, 0.3) is 0 Å². The third-order valence-corrected chi connectivity index (χ3v) is 5.40. The van der Waals surface area contributed by atoms with Crippen molar-refractivity contribution in [1.29, 1.82) is 0 Å². The van der Waals surface area contributed by atoms with Crippen LogP contribution in [0.25, 0.3) is 11.4 Å². The van der Waals surface area contributed by atoms with Crippen molar-refractivity contribution in [2.45, 2.75) is 5.16 Å². The zero-order valence-corrected chi connectivity index (χ0v) is 16.4. The summed E-state index contributed by atoms with van der Waals surface area (Å²) in [6.07, 6.45) is 0. The van der Waals surface area contributed by atoms with Gasteiger partial charge in [-0.1, -0.05) is 47.1 Å². The molecule has 26 heavy (non-hydrogen) atoms. The number of halogens is 2. The molecule has 134 valence electrons. The van der Waals surface area contributed by atoms with Crippen molar-refractivity contribution in [3.05, 3.63) is 58.1 Å². The highest BCUT2D eigenvalue weighted by Crippen LogP contribution is 2.29. The number of aromatic nitrogens is 3. The van der Waals surface area contributed by atoms with Gasteiger partial charge in [-0.3, -0.25) is 4.79 Å². The maximum atomic E-state index is 12.4. The summed E-state index contributed by atoms with van der Waals surface area (Å²) in [6.45, 7) is 0. The lowest BCUT2D eigenvalue weighted by Gasteiger charge is -2.06. The van der Waals surface area contributed by atoms with Gasteiger partial charge in [-0.15, -0.1) is 10.2 Å². The zero-order valence-electron chi connectivity index (χ0n) is 14.1. The van der Waals surface area contributed by atoms with Crippen LogP contribution in [0, 0.1) is 0 Å². The number of hydrogen-bond donors (Lipinski definition) is 0. The summed E-state index contributed by atoms with van der Waals surface area (Å²) < 4.78 is 6.92. The van der Waals surface area contributed by atoms with Gasteiger partial charge in [0.1, 0.15) is 5.75 Å². The van der Waals surface area contributed by atoms with Crippen LogP contribution in [0.5, 0.6) is 5.75 Å². The fourth-order valence-electron chi connectivity index (χ4n) is 2.37. The van der Waals surface area contributed by atoms with Crippen molar-refractivity contribution < 1.29 is 9.53 Å². The molecule has 0 aliphatic rings. The maximum absolute atomic E-state index is 12.4. The molecule has 0 atom stereocenters. The minimum Gasteiger partial charge on any atom is -0.495 e. The lowest BCUT2D eigenvalue weighted by Crippen LogP contribution is -2.04. The molecule has 5 nitrogen and oxygen atoms in total. The summed E-state index contributed by atoms with van der Waals surface area (Å²) in [4.78, 5) is 12.4. The van der Waals surface area contributed by atoms with E-state index in [2.05, 4.69) is 10.2 Å². The molecule has 0 N–H and O–H groups in total. The molecule has 1 aromatic heterocycles. The van der Waals surface area contributed by atoms with E-state index in [0.29, 0.717) is 32.3 Å². The molecule has 0 fully saturated rings. The van der Waals surface area contributed by atoms with E-state index < -0.39 is 0 Å². The van der Waals surface area contributed by atoms with Crippen LogP contribution in [0.4, 0.5) is 0 Å². The van der Waals surface area contributed by atoms with Crippen LogP contribution in [-0.4, -0.2) is 33.4 Å². The van der Waals surface area contributed by atoms with E-state index in [1.807, 2.05) is 29.8 Å². The Kier molecular flexibility index (Phi) is 5.86. The highest BCUT2D eigenvalue weighted by Gasteiger charge is 2.16. The van der Waals surface area contributed by atoms with Crippen LogP contribution in [0.3, 0.4) is 0 Å². The number of nitrogens with zero attached hydrogens (tertiary/aromatic N) is 3. The van der Waals surface area contributed by atoms with Crippen LogP contribution in [-0.2, 0) is 7.05 Å². The molecule has 0 amide bonds. The first-order chi connectivity index (χ1) is 12.5. The van der Waals surface area contributed by atoms with Crippen molar-refractivity contribution >= 4 is 40.7 Å². The molecule has 0 bridgehead atoms. The van der Waals surface area contributed by atoms with Gasteiger partial charge in [-0.25, -0.2) is 0 Å². The monoisotopic (exact) mass is 407 g/mol. The lowest BCUT2D eigenvalue weighted by atomic mass is 10.1. The van der Waals surface area contributed by atoms with Crippen LogP contribution < -0.4 is 4.74 Å². The fourth-order valence-corrected chi connectivity index (χ4v) is 3.65. The standard InChI is InChI=1S/C18H15Cl2N3O2S/c1-23-17(12-5-3-4-6-13(12)19)21-22-18(23)26-10-15(24)11-7-8-16(25-2)14(20)9-11/h3-9H,10H2,1-2H3. The average molecular weight is 408 g/mol. The number of ether oxygens (including phenoxy) is 1. The highest BCUT2D eigenvalue weighted by atomic mass is 35.5. The third kappa shape index (κ3) is 3.87. The van der Waals surface area contributed by atoms with E-state index in [1.54, 1.807) is 24.3 Å². The van der Waals surface area contributed by atoms with Crippen molar-refractivity contribution in [2.24, 2.45) is 7.05 Å². The number of hydrogen-bond acceptors (Lipinski definition) is 5. The summed E-state index contributed by atoms with van der Waals surface area (Å²) in [5.74, 6) is 1.35. The summed E-state index contributed by atoms with van der Waals surface area (Å²) >= 11 is 13.6. The first-order valence-corrected chi connectivity index (χ1v) is 9.39. The van der Waals surface area contributed by atoms with Gasteiger partial charge in [0.05, 0.1) is 22.9 Å². The number of ketones is 1. The number of Topliss-reactive ketones (excluding diaryl/α,β-unsaturated/α-hetero) is 1. The molecule has 0 saturated heterocycles. The van der Waals surface area contributed by atoms with Gasteiger partial charge < -0.3 is 9.30 Å². The molecule has 3 rings (SSSR count). The van der Waals surface area contributed by atoms with E-state index in [4.69, 9.17) is 27.9 Å². The summed E-state index contributed by atoms with van der Waals surface area (Å²) in [7, 11) is 3.37. The lowest BCUT2D eigenvalue weighted by molar-refractivity contribution is 0.102. The van der Waals surface area contributed by atoms with E-state index in [-0.39, 0.29) is 11.5 Å². The normalized spacial score (nSPS) is 10.8. The second-order valence-electron chi connectivity index (χ2n) is 5.41. The predicted octanol–water partition coefficient (Wildman–Crippen LogP) is 4.77. The second kappa shape index (κ2) is 8.12. The molecule has 8 heteroatoms. The zero-order chi connectivity index (χ0) is 18.7. The predicted molar refractivity (Wildman–Crippen MR) is 105 cm³/mol. The summed E-state index contributed by atoms with van der Waals surface area (Å²) in [5.41, 5.74) is 1.32. The molecular weight excluding hydrogens is 393 g/mol. The fraction of sp³-hybridized carbons (Fsp3) is 0.167. The molecule has 0 spiro atoms. The topological polar surface area (TPSA) is 57.0 Å². The molecule has 3 aromatic rings. The van der Waals surface area contributed by atoms with Gasteiger partial charge in [0.2, 0.25) is 0 Å². The van der Waals surface area contributed by atoms with Crippen molar-refractivity contribution in [3.8, 4) is 17.1 Å². The van der Waals surface area contributed by atoms with Gasteiger partial charge in [-0.05, 0) is 30.3 Å². The number of carbonyl (C=O) groups is 1. The van der Waals surface area contributed by atoms with Crippen LogP contribution in [0.1, 0.15) is 10.4 Å². The third-order valence-electron chi connectivity index (χ3n) is 3.76. The molecule has 1 heterocycles. The molecule has 0 radical (unpaired) electrons. The van der Waals surface area contributed by atoms with Gasteiger partial charge in [0.15, 0.2) is 16.8 Å². The summed E-state index contributed by atoms with van der Waals surface area (Å²) in [5, 5.41) is 9.99. The number of thioether (sulfide) groups is 1. The van der Waals surface area contributed by atoms with E-state index in [9.17, 15) is 4.79 Å². The molecular formula is C18H15Cl2N3O2S. The number of rotatable bonds is 6. The first kappa shape index (κ1) is 18.8. The Balaban J connectivity index is 1.74. The van der Waals surface area contributed by atoms with E-state index >= 15 is 0 Å².